The molecule has 1 aliphatic heterocycles. The lowest BCUT2D eigenvalue weighted by Crippen LogP contribution is -2.24. The highest BCUT2D eigenvalue weighted by molar-refractivity contribution is 6.32. The van der Waals surface area contributed by atoms with Crippen LogP contribution in [0.2, 0.25) is 5.02 Å². The SMILES string of the molecule is COc1c(Cl)cc2c(c1C(C)(C)CC(=O)O)OCCCO2. The fourth-order valence-electron chi connectivity index (χ4n) is 2.54. The van der Waals surface area contributed by atoms with Gasteiger partial charge in [-0.1, -0.05) is 25.4 Å². The van der Waals surface area contributed by atoms with Gasteiger partial charge in [0.15, 0.2) is 11.5 Å². The number of carboxylic acids is 1. The Kier molecular flexibility index (Phi) is 4.52. The summed E-state index contributed by atoms with van der Waals surface area (Å²) in [5, 5.41) is 9.54. The molecule has 1 aliphatic rings. The maximum atomic E-state index is 11.2. The van der Waals surface area contributed by atoms with Crippen LogP contribution in [0.4, 0.5) is 0 Å². The lowest BCUT2D eigenvalue weighted by Gasteiger charge is -2.28. The first kappa shape index (κ1) is 15.8. The van der Waals surface area contributed by atoms with E-state index in [0.29, 0.717) is 41.0 Å². The van der Waals surface area contributed by atoms with E-state index >= 15 is 0 Å². The smallest absolute Gasteiger partial charge is 0.304 e. The third-order valence-electron chi connectivity index (χ3n) is 3.42. The first-order valence-corrected chi connectivity index (χ1v) is 7.13. The molecule has 116 valence electrons. The summed E-state index contributed by atoms with van der Waals surface area (Å²) in [4.78, 5) is 11.2. The van der Waals surface area contributed by atoms with Crippen molar-refractivity contribution >= 4 is 17.6 Å². The van der Waals surface area contributed by atoms with Gasteiger partial charge in [-0.25, -0.2) is 0 Å². The van der Waals surface area contributed by atoms with E-state index < -0.39 is 11.4 Å². The molecule has 0 spiro atoms. The van der Waals surface area contributed by atoms with Crippen LogP contribution in [0.25, 0.3) is 0 Å². The Bertz CT molecular complexity index is 553. The molecule has 5 nitrogen and oxygen atoms in total. The van der Waals surface area contributed by atoms with E-state index in [4.69, 9.17) is 30.9 Å². The summed E-state index contributed by atoms with van der Waals surface area (Å²) in [6, 6.07) is 1.65. The molecule has 1 aromatic carbocycles. The normalized spacial score (nSPS) is 14.5. The molecular weight excluding hydrogens is 296 g/mol. The highest BCUT2D eigenvalue weighted by atomic mass is 35.5. The van der Waals surface area contributed by atoms with Crippen LogP contribution in [0.15, 0.2) is 6.07 Å². The standard InChI is InChI=1S/C15H19ClO5/c1-15(2,8-11(17)18)12-13(19-3)9(16)7-10-14(12)21-6-4-5-20-10/h7H,4-6,8H2,1-3H3,(H,17,18). The zero-order chi connectivity index (χ0) is 15.6. The van der Waals surface area contributed by atoms with Crippen LogP contribution in [-0.2, 0) is 10.2 Å². The molecule has 1 aromatic rings. The lowest BCUT2D eigenvalue weighted by atomic mass is 9.80. The molecule has 0 amide bonds. The molecule has 0 radical (unpaired) electrons. The van der Waals surface area contributed by atoms with Crippen molar-refractivity contribution in [1.82, 2.24) is 0 Å². The van der Waals surface area contributed by atoms with Crippen LogP contribution >= 0.6 is 11.6 Å². The second-order valence-corrected chi connectivity index (χ2v) is 6.01. The molecule has 0 saturated carbocycles. The Hall–Kier alpha value is -1.62. The number of halogens is 1. The Balaban J connectivity index is 2.65. The number of fused-ring (bicyclic) bond motifs is 1. The maximum absolute atomic E-state index is 11.2. The van der Waals surface area contributed by atoms with Gasteiger partial charge in [0.25, 0.3) is 0 Å². The molecule has 1 heterocycles. The van der Waals surface area contributed by atoms with Crippen LogP contribution in [-0.4, -0.2) is 31.4 Å². The fourth-order valence-corrected chi connectivity index (χ4v) is 2.81. The summed E-state index contributed by atoms with van der Waals surface area (Å²) in [7, 11) is 1.51. The van der Waals surface area contributed by atoms with Crippen molar-refractivity contribution in [3.05, 3.63) is 16.7 Å². The van der Waals surface area contributed by atoms with Crippen molar-refractivity contribution in [1.29, 1.82) is 0 Å². The van der Waals surface area contributed by atoms with Gasteiger partial charge in [-0.3, -0.25) is 4.79 Å². The summed E-state index contributed by atoms with van der Waals surface area (Å²) >= 11 is 6.25. The number of ether oxygens (including phenoxy) is 3. The van der Waals surface area contributed by atoms with Gasteiger partial charge in [-0.2, -0.15) is 0 Å². The molecule has 6 heteroatoms. The molecule has 0 fully saturated rings. The van der Waals surface area contributed by atoms with E-state index in [9.17, 15) is 4.79 Å². The summed E-state index contributed by atoms with van der Waals surface area (Å²) in [5.41, 5.74) is -0.0725. The van der Waals surface area contributed by atoms with E-state index in [1.165, 1.54) is 7.11 Å². The van der Waals surface area contributed by atoms with Gasteiger partial charge in [-0.05, 0) is 0 Å². The fraction of sp³-hybridized carbons (Fsp3) is 0.533. The summed E-state index contributed by atoms with van der Waals surface area (Å²) in [6.07, 6.45) is 0.687. The van der Waals surface area contributed by atoms with Crippen LogP contribution in [0.3, 0.4) is 0 Å². The zero-order valence-electron chi connectivity index (χ0n) is 12.4. The quantitative estimate of drug-likeness (QED) is 0.924. The minimum Gasteiger partial charge on any atom is -0.495 e. The van der Waals surface area contributed by atoms with Gasteiger partial charge in [0, 0.05) is 23.5 Å². The third kappa shape index (κ3) is 3.18. The van der Waals surface area contributed by atoms with Crippen LogP contribution in [0.5, 0.6) is 17.2 Å². The minimum absolute atomic E-state index is 0.0699. The van der Waals surface area contributed by atoms with Crippen molar-refractivity contribution in [2.75, 3.05) is 20.3 Å². The highest BCUT2D eigenvalue weighted by Crippen LogP contribution is 2.50. The number of carboxylic acid groups (broad SMARTS) is 1. The van der Waals surface area contributed by atoms with Crippen molar-refractivity contribution in [2.24, 2.45) is 0 Å². The molecule has 0 aromatic heterocycles. The Morgan fingerprint density at radius 1 is 1.43 bits per heavy atom. The number of methoxy groups -OCH3 is 1. The minimum atomic E-state index is -0.898. The van der Waals surface area contributed by atoms with Gasteiger partial charge < -0.3 is 19.3 Å². The molecule has 0 aliphatic carbocycles. The average Bonchev–Trinajstić information content (AvgIpc) is 2.60. The second kappa shape index (κ2) is 6.02. The predicted molar refractivity (Wildman–Crippen MR) is 78.9 cm³/mol. The monoisotopic (exact) mass is 314 g/mol. The Morgan fingerprint density at radius 2 is 2.10 bits per heavy atom. The van der Waals surface area contributed by atoms with Crippen LogP contribution in [0.1, 0.15) is 32.3 Å². The number of hydrogen-bond acceptors (Lipinski definition) is 4. The average molecular weight is 315 g/mol. The maximum Gasteiger partial charge on any atom is 0.304 e. The molecule has 0 saturated heterocycles. The zero-order valence-corrected chi connectivity index (χ0v) is 13.1. The van der Waals surface area contributed by atoms with Gasteiger partial charge in [0.2, 0.25) is 0 Å². The number of benzene rings is 1. The van der Waals surface area contributed by atoms with Crippen LogP contribution in [0, 0.1) is 0 Å². The van der Waals surface area contributed by atoms with Gasteiger partial charge in [0.05, 0.1) is 31.8 Å². The van der Waals surface area contributed by atoms with Crippen LogP contribution < -0.4 is 14.2 Å². The number of carbonyl (C=O) groups is 1. The number of aliphatic carboxylic acids is 1. The van der Waals surface area contributed by atoms with Crippen molar-refractivity contribution in [3.8, 4) is 17.2 Å². The molecule has 0 bridgehead atoms. The van der Waals surface area contributed by atoms with Gasteiger partial charge >= 0.3 is 5.97 Å². The van der Waals surface area contributed by atoms with Crippen molar-refractivity contribution in [3.63, 3.8) is 0 Å². The van der Waals surface area contributed by atoms with E-state index in [0.717, 1.165) is 6.42 Å². The second-order valence-electron chi connectivity index (χ2n) is 5.60. The molecule has 0 unspecified atom stereocenters. The van der Waals surface area contributed by atoms with E-state index in [1.807, 2.05) is 13.8 Å². The lowest BCUT2D eigenvalue weighted by molar-refractivity contribution is -0.138. The predicted octanol–water partition coefficient (Wildman–Crippen LogP) is 3.26. The van der Waals surface area contributed by atoms with Crippen molar-refractivity contribution in [2.45, 2.75) is 32.1 Å². The van der Waals surface area contributed by atoms with E-state index in [1.54, 1.807) is 6.07 Å². The summed E-state index contributed by atoms with van der Waals surface area (Å²) in [5.74, 6) is 0.601. The van der Waals surface area contributed by atoms with Gasteiger partial charge in [-0.15, -0.1) is 0 Å². The Labute approximate surface area is 128 Å². The summed E-state index contributed by atoms with van der Waals surface area (Å²) < 4.78 is 16.8. The van der Waals surface area contributed by atoms with Crippen molar-refractivity contribution < 1.29 is 24.1 Å². The highest BCUT2D eigenvalue weighted by Gasteiger charge is 2.35. The molecular formula is C15H19ClO5. The number of rotatable bonds is 4. The molecule has 21 heavy (non-hydrogen) atoms. The summed E-state index contributed by atoms with van der Waals surface area (Å²) in [6.45, 7) is 4.69. The third-order valence-corrected chi connectivity index (χ3v) is 3.70. The largest absolute Gasteiger partial charge is 0.495 e. The molecule has 0 atom stereocenters. The Morgan fingerprint density at radius 3 is 2.71 bits per heavy atom. The topological polar surface area (TPSA) is 65.0 Å². The molecule has 1 N–H and O–H groups in total. The first-order chi connectivity index (χ1) is 9.86. The van der Waals surface area contributed by atoms with E-state index in [-0.39, 0.29) is 6.42 Å². The first-order valence-electron chi connectivity index (χ1n) is 6.75. The molecule has 2 rings (SSSR count). The van der Waals surface area contributed by atoms with Gasteiger partial charge in [0.1, 0.15) is 5.75 Å². The van der Waals surface area contributed by atoms with E-state index in [2.05, 4.69) is 0 Å². The number of hydrogen-bond donors (Lipinski definition) is 1.